The Kier molecular flexibility index (Phi) is 6.79. The molecule has 0 aliphatic rings. The van der Waals surface area contributed by atoms with E-state index in [1.165, 1.54) is 24.8 Å². The fourth-order valence-corrected chi connectivity index (χ4v) is 5.56. The molecule has 0 radical (unpaired) electrons. The van der Waals surface area contributed by atoms with E-state index in [1.54, 1.807) is 29.5 Å². The van der Waals surface area contributed by atoms with Crippen LogP contribution in [-0.4, -0.2) is 39.2 Å². The third-order valence-electron chi connectivity index (χ3n) is 5.07. The number of hydrogen-bond acceptors (Lipinski definition) is 6. The number of nitrogens with zero attached hydrogens (tertiary/aromatic N) is 2. The standard InChI is InChI=1S/C24H22ClN3O4S2/c1-15-4-10-20-22(12-15)33-24(27-20)16-5-7-17(8-6-16)26-23(29)14-28(34(3,30)31)18-9-11-21(32-2)19(25)13-18/h4-13H,14H2,1-3H3,(H,26,29). The van der Waals surface area contributed by atoms with Gasteiger partial charge in [-0.15, -0.1) is 11.3 Å². The summed E-state index contributed by atoms with van der Waals surface area (Å²) in [5, 5.41) is 3.88. The summed E-state index contributed by atoms with van der Waals surface area (Å²) >= 11 is 7.74. The largest absolute Gasteiger partial charge is 0.495 e. The molecule has 176 valence electrons. The van der Waals surface area contributed by atoms with Crippen LogP contribution in [-0.2, 0) is 14.8 Å². The van der Waals surface area contributed by atoms with Crippen molar-refractivity contribution >= 4 is 60.5 Å². The summed E-state index contributed by atoms with van der Waals surface area (Å²) in [5.41, 5.74) is 3.88. The summed E-state index contributed by atoms with van der Waals surface area (Å²) in [4.78, 5) is 17.3. The highest BCUT2D eigenvalue weighted by molar-refractivity contribution is 7.92. The maximum atomic E-state index is 12.7. The third-order valence-corrected chi connectivity index (χ3v) is 7.57. The molecule has 0 fully saturated rings. The summed E-state index contributed by atoms with van der Waals surface area (Å²) < 4.78 is 31.9. The Balaban J connectivity index is 1.49. The van der Waals surface area contributed by atoms with Crippen molar-refractivity contribution in [1.29, 1.82) is 0 Å². The molecule has 1 aromatic heterocycles. The Bertz CT molecular complexity index is 1470. The maximum absolute atomic E-state index is 12.7. The molecule has 7 nitrogen and oxygen atoms in total. The lowest BCUT2D eigenvalue weighted by Gasteiger charge is -2.22. The number of rotatable bonds is 7. The van der Waals surface area contributed by atoms with Gasteiger partial charge in [0.2, 0.25) is 15.9 Å². The molecule has 1 heterocycles. The lowest BCUT2D eigenvalue weighted by atomic mass is 10.2. The number of anilines is 2. The first-order valence-corrected chi connectivity index (χ1v) is 13.3. The van der Waals surface area contributed by atoms with E-state index in [9.17, 15) is 13.2 Å². The van der Waals surface area contributed by atoms with Crippen LogP contribution in [0.15, 0.2) is 60.7 Å². The van der Waals surface area contributed by atoms with Gasteiger partial charge in [-0.05, 0) is 67.1 Å². The van der Waals surface area contributed by atoms with Crippen molar-refractivity contribution in [3.05, 3.63) is 71.2 Å². The highest BCUT2D eigenvalue weighted by Gasteiger charge is 2.22. The second-order valence-electron chi connectivity index (χ2n) is 7.70. The minimum atomic E-state index is -3.73. The number of sulfonamides is 1. The van der Waals surface area contributed by atoms with Crippen molar-refractivity contribution in [1.82, 2.24) is 4.98 Å². The molecule has 0 spiro atoms. The SMILES string of the molecule is COc1ccc(N(CC(=O)Nc2ccc(-c3nc4ccc(C)cc4s3)cc2)S(C)(=O)=O)cc1Cl. The zero-order valence-corrected chi connectivity index (χ0v) is 21.1. The summed E-state index contributed by atoms with van der Waals surface area (Å²) in [6.07, 6.45) is 1.03. The number of thiazole rings is 1. The molecule has 0 aliphatic carbocycles. The lowest BCUT2D eigenvalue weighted by Crippen LogP contribution is -2.37. The molecular weight excluding hydrogens is 494 g/mol. The number of methoxy groups -OCH3 is 1. The Morgan fingerprint density at radius 3 is 2.50 bits per heavy atom. The molecule has 34 heavy (non-hydrogen) atoms. The molecule has 1 N–H and O–H groups in total. The van der Waals surface area contributed by atoms with Gasteiger partial charge in [0.1, 0.15) is 17.3 Å². The molecule has 0 saturated carbocycles. The molecule has 4 rings (SSSR count). The highest BCUT2D eigenvalue weighted by Crippen LogP contribution is 2.32. The Labute approximate surface area is 207 Å². The number of aryl methyl sites for hydroxylation is 1. The van der Waals surface area contributed by atoms with Crippen LogP contribution in [0.25, 0.3) is 20.8 Å². The fraction of sp³-hybridized carbons (Fsp3) is 0.167. The molecule has 0 bridgehead atoms. The zero-order valence-electron chi connectivity index (χ0n) is 18.7. The predicted molar refractivity (Wildman–Crippen MR) is 139 cm³/mol. The van der Waals surface area contributed by atoms with Gasteiger partial charge < -0.3 is 10.1 Å². The van der Waals surface area contributed by atoms with E-state index in [-0.39, 0.29) is 10.7 Å². The molecule has 1 amide bonds. The van der Waals surface area contributed by atoms with E-state index in [2.05, 4.69) is 16.4 Å². The minimum Gasteiger partial charge on any atom is -0.495 e. The normalized spacial score (nSPS) is 11.4. The molecule has 0 saturated heterocycles. The van der Waals surface area contributed by atoms with E-state index in [0.29, 0.717) is 11.4 Å². The fourth-order valence-electron chi connectivity index (χ4n) is 3.39. The van der Waals surface area contributed by atoms with Crippen molar-refractivity contribution in [2.45, 2.75) is 6.92 Å². The summed E-state index contributed by atoms with van der Waals surface area (Å²) in [7, 11) is -2.27. The van der Waals surface area contributed by atoms with E-state index >= 15 is 0 Å². The zero-order chi connectivity index (χ0) is 24.5. The third kappa shape index (κ3) is 5.32. The van der Waals surface area contributed by atoms with E-state index in [4.69, 9.17) is 16.3 Å². The van der Waals surface area contributed by atoms with Gasteiger partial charge in [0.15, 0.2) is 0 Å². The number of halogens is 1. The Morgan fingerprint density at radius 2 is 1.85 bits per heavy atom. The number of carbonyl (C=O) groups is 1. The number of benzene rings is 3. The average Bonchev–Trinajstić information content (AvgIpc) is 3.20. The number of aromatic nitrogens is 1. The van der Waals surface area contributed by atoms with Crippen LogP contribution in [0.2, 0.25) is 5.02 Å². The van der Waals surface area contributed by atoms with Gasteiger partial charge in [0, 0.05) is 11.3 Å². The van der Waals surface area contributed by atoms with Crippen LogP contribution in [0.1, 0.15) is 5.56 Å². The Morgan fingerprint density at radius 1 is 1.12 bits per heavy atom. The predicted octanol–water partition coefficient (Wildman–Crippen LogP) is 5.34. The Hall–Kier alpha value is -3.14. The minimum absolute atomic E-state index is 0.245. The second-order valence-corrected chi connectivity index (χ2v) is 11.0. The van der Waals surface area contributed by atoms with Crippen molar-refractivity contribution in [2.24, 2.45) is 0 Å². The second kappa shape index (κ2) is 9.61. The van der Waals surface area contributed by atoms with Crippen LogP contribution in [0.4, 0.5) is 11.4 Å². The molecule has 0 unspecified atom stereocenters. The van der Waals surface area contributed by atoms with Crippen LogP contribution < -0.4 is 14.4 Å². The molecule has 10 heteroatoms. The van der Waals surface area contributed by atoms with E-state index in [1.807, 2.05) is 31.2 Å². The summed E-state index contributed by atoms with van der Waals surface area (Å²) in [6.45, 7) is 1.64. The van der Waals surface area contributed by atoms with Crippen LogP contribution in [0, 0.1) is 6.92 Å². The number of carbonyl (C=O) groups excluding carboxylic acids is 1. The number of fused-ring (bicyclic) bond motifs is 1. The van der Waals surface area contributed by atoms with Gasteiger partial charge in [0.25, 0.3) is 0 Å². The molecular formula is C24H22ClN3O4S2. The number of nitrogens with one attached hydrogen (secondary N) is 1. The smallest absolute Gasteiger partial charge is 0.245 e. The first kappa shape index (κ1) is 24.0. The van der Waals surface area contributed by atoms with Gasteiger partial charge in [0.05, 0.1) is 34.3 Å². The lowest BCUT2D eigenvalue weighted by molar-refractivity contribution is -0.114. The monoisotopic (exact) mass is 515 g/mol. The average molecular weight is 516 g/mol. The van der Waals surface area contributed by atoms with Gasteiger partial charge in [-0.3, -0.25) is 9.10 Å². The highest BCUT2D eigenvalue weighted by atomic mass is 35.5. The first-order chi connectivity index (χ1) is 16.1. The van der Waals surface area contributed by atoms with Crippen molar-refractivity contribution in [3.8, 4) is 16.3 Å². The van der Waals surface area contributed by atoms with E-state index < -0.39 is 22.5 Å². The van der Waals surface area contributed by atoms with Crippen LogP contribution in [0.3, 0.4) is 0 Å². The molecule has 0 aliphatic heterocycles. The maximum Gasteiger partial charge on any atom is 0.245 e. The molecule has 4 aromatic rings. The van der Waals surface area contributed by atoms with Crippen molar-refractivity contribution in [3.63, 3.8) is 0 Å². The van der Waals surface area contributed by atoms with Gasteiger partial charge in [-0.2, -0.15) is 0 Å². The summed E-state index contributed by atoms with van der Waals surface area (Å²) in [6, 6.07) is 17.9. The van der Waals surface area contributed by atoms with Crippen molar-refractivity contribution < 1.29 is 17.9 Å². The van der Waals surface area contributed by atoms with Crippen LogP contribution in [0.5, 0.6) is 5.75 Å². The molecule has 3 aromatic carbocycles. The summed E-state index contributed by atoms with van der Waals surface area (Å²) in [5.74, 6) is -0.0766. The van der Waals surface area contributed by atoms with Gasteiger partial charge in [-0.1, -0.05) is 17.7 Å². The number of hydrogen-bond donors (Lipinski definition) is 1. The van der Waals surface area contributed by atoms with Crippen LogP contribution >= 0.6 is 22.9 Å². The van der Waals surface area contributed by atoms with Gasteiger partial charge >= 0.3 is 0 Å². The number of ether oxygens (including phenoxy) is 1. The molecule has 0 atom stereocenters. The van der Waals surface area contributed by atoms with Gasteiger partial charge in [-0.25, -0.2) is 13.4 Å². The quantitative estimate of drug-likeness (QED) is 0.359. The van der Waals surface area contributed by atoms with E-state index in [0.717, 1.165) is 31.3 Å². The number of amides is 1. The topological polar surface area (TPSA) is 88.6 Å². The van der Waals surface area contributed by atoms with Crippen molar-refractivity contribution in [2.75, 3.05) is 29.5 Å². The first-order valence-electron chi connectivity index (χ1n) is 10.2.